The third-order valence-electron chi connectivity index (χ3n) is 9.76. The van der Waals surface area contributed by atoms with Gasteiger partial charge in [-0.3, -0.25) is 14.4 Å². The summed E-state index contributed by atoms with van der Waals surface area (Å²) in [5.74, 6) is -5.73. The molecule has 8 atom stereocenters. The molecule has 0 heterocycles. The highest BCUT2D eigenvalue weighted by Gasteiger charge is 2.76. The third kappa shape index (κ3) is 3.88. The molecule has 0 aromatic heterocycles. The summed E-state index contributed by atoms with van der Waals surface area (Å²) < 4.78 is 50.3. The van der Waals surface area contributed by atoms with E-state index in [4.69, 9.17) is 21.1 Å². The first kappa shape index (κ1) is 28.8. The number of halogens is 4. The largest absolute Gasteiger partial charge is 0.490 e. The van der Waals surface area contributed by atoms with Crippen LogP contribution in [0.15, 0.2) is 23.8 Å². The van der Waals surface area contributed by atoms with E-state index in [2.05, 4.69) is 0 Å². The Morgan fingerprint density at radius 3 is 2.47 bits per heavy atom. The number of allylic oxidation sites excluding steroid dienone is 4. The van der Waals surface area contributed by atoms with E-state index < -0.39 is 75.7 Å². The van der Waals surface area contributed by atoms with E-state index in [1.165, 1.54) is 12.2 Å². The van der Waals surface area contributed by atoms with Gasteiger partial charge in [-0.05, 0) is 55.6 Å². The SMILES string of the molecule is CCC(=O)OCC(=O)[C@@]1(O)C(C)C[C@H]2[C@@H]3CCC4=CC(=O)C=C[C@]4(C)[C@@]3(Cl)C(OC(=O)C(F)(F)F)C[C@@]21C. The van der Waals surface area contributed by atoms with Gasteiger partial charge < -0.3 is 14.6 Å². The van der Waals surface area contributed by atoms with Crippen molar-refractivity contribution in [2.45, 2.75) is 82.6 Å². The Balaban J connectivity index is 1.83. The molecule has 0 radical (unpaired) electrons. The number of esters is 2. The number of hydrogen-bond acceptors (Lipinski definition) is 7. The van der Waals surface area contributed by atoms with Crippen molar-refractivity contribution in [2.75, 3.05) is 6.61 Å². The van der Waals surface area contributed by atoms with E-state index in [0.29, 0.717) is 24.8 Å². The first-order chi connectivity index (χ1) is 17.5. The molecule has 7 nitrogen and oxygen atoms in total. The summed E-state index contributed by atoms with van der Waals surface area (Å²) in [6.07, 6.45) is -1.74. The molecule has 3 saturated carbocycles. The number of aliphatic hydroxyl groups is 1. The zero-order valence-corrected chi connectivity index (χ0v) is 22.4. The maximum atomic E-state index is 13.4. The van der Waals surface area contributed by atoms with Crippen LogP contribution < -0.4 is 0 Å². The lowest BCUT2D eigenvalue weighted by molar-refractivity contribution is -0.222. The van der Waals surface area contributed by atoms with Gasteiger partial charge in [0, 0.05) is 17.3 Å². The molecular weight excluding hydrogens is 529 g/mol. The van der Waals surface area contributed by atoms with Gasteiger partial charge in [0.1, 0.15) is 11.7 Å². The van der Waals surface area contributed by atoms with Crippen molar-refractivity contribution >= 4 is 35.1 Å². The normalized spacial score (nSPS) is 41.9. The Kier molecular flexibility index (Phi) is 6.96. The monoisotopic (exact) mass is 560 g/mol. The van der Waals surface area contributed by atoms with Gasteiger partial charge in [-0.1, -0.05) is 39.3 Å². The van der Waals surface area contributed by atoms with Gasteiger partial charge in [-0.15, -0.1) is 11.6 Å². The van der Waals surface area contributed by atoms with Crippen LogP contribution in [0.5, 0.6) is 0 Å². The molecule has 0 aliphatic heterocycles. The fourth-order valence-electron chi connectivity index (χ4n) is 7.79. The van der Waals surface area contributed by atoms with Crippen LogP contribution in [0.1, 0.15) is 59.8 Å². The topological polar surface area (TPSA) is 107 Å². The van der Waals surface area contributed by atoms with Crippen LogP contribution in [0.2, 0.25) is 0 Å². The van der Waals surface area contributed by atoms with Crippen molar-refractivity contribution in [3.8, 4) is 0 Å². The van der Waals surface area contributed by atoms with Crippen LogP contribution in [0.3, 0.4) is 0 Å². The summed E-state index contributed by atoms with van der Waals surface area (Å²) in [6.45, 7) is 5.87. The number of hydrogen-bond donors (Lipinski definition) is 1. The van der Waals surface area contributed by atoms with Crippen LogP contribution in [0.25, 0.3) is 0 Å². The number of ketones is 2. The van der Waals surface area contributed by atoms with Crippen molar-refractivity contribution in [1.82, 2.24) is 0 Å². The van der Waals surface area contributed by atoms with Crippen LogP contribution in [-0.4, -0.2) is 58.0 Å². The second kappa shape index (κ2) is 9.18. The van der Waals surface area contributed by atoms with Gasteiger partial charge >= 0.3 is 18.1 Å². The molecule has 0 aromatic carbocycles. The van der Waals surface area contributed by atoms with Crippen LogP contribution in [-0.2, 0) is 28.7 Å². The van der Waals surface area contributed by atoms with Gasteiger partial charge in [0.15, 0.2) is 12.4 Å². The highest BCUT2D eigenvalue weighted by molar-refractivity contribution is 6.26. The van der Waals surface area contributed by atoms with Crippen molar-refractivity contribution in [1.29, 1.82) is 0 Å². The van der Waals surface area contributed by atoms with E-state index in [9.17, 15) is 37.5 Å². The minimum absolute atomic E-state index is 0.0257. The van der Waals surface area contributed by atoms with Crippen molar-refractivity contribution in [3.63, 3.8) is 0 Å². The molecule has 38 heavy (non-hydrogen) atoms. The van der Waals surface area contributed by atoms with Gasteiger partial charge in [0.2, 0.25) is 5.78 Å². The van der Waals surface area contributed by atoms with E-state index in [-0.39, 0.29) is 18.6 Å². The summed E-state index contributed by atoms with van der Waals surface area (Å²) in [4.78, 5) is 47.8. The predicted molar refractivity (Wildman–Crippen MR) is 129 cm³/mol. The highest BCUT2D eigenvalue weighted by Crippen LogP contribution is 2.72. The van der Waals surface area contributed by atoms with Crippen LogP contribution in [0, 0.1) is 28.6 Å². The number of alkyl halides is 4. The minimum atomic E-state index is -5.30. The maximum absolute atomic E-state index is 13.4. The molecule has 1 N–H and O–H groups in total. The van der Waals surface area contributed by atoms with Gasteiger partial charge in [0.25, 0.3) is 0 Å². The summed E-state index contributed by atoms with van der Waals surface area (Å²) in [6, 6.07) is 0. The number of ether oxygens (including phenoxy) is 2. The zero-order chi connectivity index (χ0) is 28.5. The molecule has 2 unspecified atom stereocenters. The fraction of sp³-hybridized carbons (Fsp3) is 0.704. The molecule has 4 aliphatic rings. The van der Waals surface area contributed by atoms with E-state index in [1.807, 2.05) is 0 Å². The van der Waals surface area contributed by atoms with E-state index >= 15 is 0 Å². The average molecular weight is 561 g/mol. The summed E-state index contributed by atoms with van der Waals surface area (Å²) >= 11 is 7.39. The second-order valence-electron chi connectivity index (χ2n) is 11.5. The number of carbonyl (C=O) groups is 4. The smallest absolute Gasteiger partial charge is 0.458 e. The summed E-state index contributed by atoms with van der Waals surface area (Å²) in [7, 11) is 0. The third-order valence-corrected chi connectivity index (χ3v) is 10.7. The zero-order valence-electron chi connectivity index (χ0n) is 21.7. The lowest BCUT2D eigenvalue weighted by Crippen LogP contribution is -2.70. The second-order valence-corrected chi connectivity index (χ2v) is 12.1. The maximum Gasteiger partial charge on any atom is 0.490 e. The summed E-state index contributed by atoms with van der Waals surface area (Å²) in [5.41, 5.74) is -3.89. The summed E-state index contributed by atoms with van der Waals surface area (Å²) in [5, 5.41) is 12.0. The Morgan fingerprint density at radius 1 is 1.21 bits per heavy atom. The number of fused-ring (bicyclic) bond motifs is 5. The first-order valence-corrected chi connectivity index (χ1v) is 13.2. The Bertz CT molecular complexity index is 1130. The Hall–Kier alpha value is -2.20. The van der Waals surface area contributed by atoms with E-state index in [0.717, 1.165) is 0 Å². The lowest BCUT2D eigenvalue weighted by Gasteiger charge is -2.64. The first-order valence-electron chi connectivity index (χ1n) is 12.8. The van der Waals surface area contributed by atoms with Crippen molar-refractivity contribution < 1.29 is 46.9 Å². The van der Waals surface area contributed by atoms with Crippen LogP contribution >= 0.6 is 11.6 Å². The molecule has 0 spiro atoms. The molecule has 3 fully saturated rings. The molecule has 11 heteroatoms. The molecule has 210 valence electrons. The molecule has 0 amide bonds. The molecule has 0 bridgehead atoms. The van der Waals surface area contributed by atoms with Crippen molar-refractivity contribution in [3.05, 3.63) is 23.8 Å². The standard InChI is InChI=1S/C27H32ClF3O7/c1-5-21(34)37-13-19(33)26(36)14(2)10-18-17-7-6-15-11-16(32)8-9-23(15,3)25(17,28)20(12-24(18,26)4)38-22(35)27(29,30)31/h8-9,11,14,17-18,20,36H,5-7,10,12-13H2,1-4H3/t14?,17-,18-,20?,23-,24-,25-,26-/m0/s1. The van der Waals surface area contributed by atoms with E-state index in [1.54, 1.807) is 33.8 Å². The Morgan fingerprint density at radius 2 is 1.87 bits per heavy atom. The molecular formula is C27H32ClF3O7. The van der Waals surface area contributed by atoms with Gasteiger partial charge in [-0.25, -0.2) is 4.79 Å². The molecule has 4 aliphatic carbocycles. The number of rotatable bonds is 5. The minimum Gasteiger partial charge on any atom is -0.458 e. The predicted octanol–water partition coefficient (Wildman–Crippen LogP) is 4.24. The number of carbonyl (C=O) groups excluding carboxylic acids is 4. The van der Waals surface area contributed by atoms with Crippen LogP contribution in [0.4, 0.5) is 13.2 Å². The van der Waals surface area contributed by atoms with Gasteiger partial charge in [-0.2, -0.15) is 13.2 Å². The van der Waals surface area contributed by atoms with Gasteiger partial charge in [0.05, 0.1) is 4.87 Å². The van der Waals surface area contributed by atoms with Crippen molar-refractivity contribution in [2.24, 2.45) is 28.6 Å². The fourth-order valence-corrected chi connectivity index (χ4v) is 8.35. The number of Topliss-reactive ketones (excluding diaryl/α,β-unsaturated/α-hetero) is 1. The average Bonchev–Trinajstić information content (AvgIpc) is 3.04. The molecule has 4 rings (SSSR count). The lowest BCUT2D eigenvalue weighted by atomic mass is 9.45. The molecule has 0 aromatic rings. The highest BCUT2D eigenvalue weighted by atomic mass is 35.5. The Labute approximate surface area is 223 Å². The molecule has 0 saturated heterocycles. The quantitative estimate of drug-likeness (QED) is 0.396.